The minimum Gasteiger partial charge on any atom is -0.463 e. The van der Waals surface area contributed by atoms with Crippen LogP contribution in [0, 0.1) is 0 Å². The Morgan fingerprint density at radius 1 is 0.773 bits per heavy atom. The minimum atomic E-state index is -1.26. The van der Waals surface area contributed by atoms with E-state index in [1.165, 1.54) is 6.92 Å². The number of hydrogen-bond acceptors (Lipinski definition) is 9. The summed E-state index contributed by atoms with van der Waals surface area (Å²) in [5.41, 5.74) is 0. The molecule has 0 saturated carbocycles. The van der Waals surface area contributed by atoms with E-state index in [9.17, 15) is 19.2 Å². The van der Waals surface area contributed by atoms with Crippen molar-refractivity contribution in [2.24, 2.45) is 0 Å². The van der Waals surface area contributed by atoms with Crippen molar-refractivity contribution in [2.45, 2.75) is 52.3 Å². The van der Waals surface area contributed by atoms with Crippen LogP contribution in [0.2, 0.25) is 0 Å². The van der Waals surface area contributed by atoms with Crippen molar-refractivity contribution in [3.63, 3.8) is 0 Å². The molecule has 1 aliphatic heterocycles. The second-order valence-corrected chi connectivity index (χ2v) is 4.60. The van der Waals surface area contributed by atoms with E-state index in [2.05, 4.69) is 0 Å². The summed E-state index contributed by atoms with van der Waals surface area (Å²) in [4.78, 5) is 44.4. The van der Waals surface area contributed by atoms with Gasteiger partial charge in [-0.3, -0.25) is 19.2 Å². The minimum absolute atomic E-state index is 0.247. The molecule has 9 heteroatoms. The van der Waals surface area contributed by atoms with Crippen LogP contribution in [0.1, 0.15) is 27.7 Å². The maximum atomic E-state index is 11.2. The first kappa shape index (κ1) is 17.9. The SMILES string of the molecule is CC(=O)OC[C@H]1OC(OC(C)=O)C(OC(C)=O)[C@@H]1OC(C)=O. The maximum Gasteiger partial charge on any atom is 0.305 e. The van der Waals surface area contributed by atoms with Gasteiger partial charge in [0.25, 0.3) is 0 Å². The van der Waals surface area contributed by atoms with E-state index in [1.54, 1.807) is 0 Å². The molecule has 1 rings (SSSR count). The first-order valence-electron chi connectivity index (χ1n) is 6.51. The number of carbonyl (C=O) groups is 4. The molecule has 0 aliphatic carbocycles. The second kappa shape index (κ2) is 7.74. The van der Waals surface area contributed by atoms with Crippen LogP contribution in [0.15, 0.2) is 0 Å². The lowest BCUT2D eigenvalue weighted by Crippen LogP contribution is -2.42. The van der Waals surface area contributed by atoms with Crippen molar-refractivity contribution in [1.82, 2.24) is 0 Å². The largest absolute Gasteiger partial charge is 0.463 e. The Bertz CT molecular complexity index is 458. The fraction of sp³-hybridized carbons (Fsp3) is 0.692. The molecule has 0 bridgehead atoms. The average Bonchev–Trinajstić information content (AvgIpc) is 2.63. The lowest BCUT2D eigenvalue weighted by atomic mass is 10.1. The van der Waals surface area contributed by atoms with E-state index in [0.29, 0.717) is 0 Å². The third-order valence-electron chi connectivity index (χ3n) is 2.60. The van der Waals surface area contributed by atoms with Crippen LogP contribution in [0.4, 0.5) is 0 Å². The Labute approximate surface area is 126 Å². The summed E-state index contributed by atoms with van der Waals surface area (Å²) in [5.74, 6) is -2.56. The number of esters is 4. The lowest BCUT2D eigenvalue weighted by molar-refractivity contribution is -0.197. The number of carbonyl (C=O) groups excluding carboxylic acids is 4. The van der Waals surface area contributed by atoms with E-state index < -0.39 is 48.5 Å². The zero-order valence-electron chi connectivity index (χ0n) is 12.7. The quantitative estimate of drug-likeness (QED) is 0.497. The first-order chi connectivity index (χ1) is 10.2. The molecule has 2 unspecified atom stereocenters. The molecule has 1 heterocycles. The average molecular weight is 318 g/mol. The van der Waals surface area contributed by atoms with Crippen LogP contribution in [-0.2, 0) is 42.9 Å². The number of rotatable bonds is 5. The molecule has 0 aromatic rings. The van der Waals surface area contributed by atoms with Crippen molar-refractivity contribution >= 4 is 23.9 Å². The molecule has 1 saturated heterocycles. The third kappa shape index (κ3) is 5.32. The highest BCUT2D eigenvalue weighted by Crippen LogP contribution is 2.28. The van der Waals surface area contributed by atoms with Crippen LogP contribution < -0.4 is 0 Å². The zero-order valence-corrected chi connectivity index (χ0v) is 12.7. The van der Waals surface area contributed by atoms with Crippen LogP contribution in [-0.4, -0.2) is 55.1 Å². The molecule has 0 amide bonds. The summed E-state index contributed by atoms with van der Waals surface area (Å²) in [6.45, 7) is 4.40. The number of ether oxygens (including phenoxy) is 5. The lowest BCUT2D eigenvalue weighted by Gasteiger charge is -2.22. The normalized spacial score (nSPS) is 26.9. The van der Waals surface area contributed by atoms with Gasteiger partial charge in [-0.15, -0.1) is 0 Å². The monoisotopic (exact) mass is 318 g/mol. The van der Waals surface area contributed by atoms with Crippen LogP contribution >= 0.6 is 0 Å². The van der Waals surface area contributed by atoms with Gasteiger partial charge in [0.1, 0.15) is 12.7 Å². The van der Waals surface area contributed by atoms with Crippen LogP contribution in [0.25, 0.3) is 0 Å². The Morgan fingerprint density at radius 3 is 1.73 bits per heavy atom. The Morgan fingerprint density at radius 2 is 1.27 bits per heavy atom. The zero-order chi connectivity index (χ0) is 16.9. The van der Waals surface area contributed by atoms with Gasteiger partial charge in [0.2, 0.25) is 12.4 Å². The van der Waals surface area contributed by atoms with Gasteiger partial charge in [0.05, 0.1) is 0 Å². The van der Waals surface area contributed by atoms with Crippen molar-refractivity contribution in [2.75, 3.05) is 6.61 Å². The third-order valence-corrected chi connectivity index (χ3v) is 2.60. The van der Waals surface area contributed by atoms with Crippen molar-refractivity contribution in [3.05, 3.63) is 0 Å². The van der Waals surface area contributed by atoms with Crippen molar-refractivity contribution in [1.29, 1.82) is 0 Å². The van der Waals surface area contributed by atoms with Gasteiger partial charge >= 0.3 is 23.9 Å². The van der Waals surface area contributed by atoms with Gasteiger partial charge < -0.3 is 23.7 Å². The van der Waals surface area contributed by atoms with Gasteiger partial charge in [-0.2, -0.15) is 0 Å². The van der Waals surface area contributed by atoms with E-state index in [1.807, 2.05) is 0 Å². The highest BCUT2D eigenvalue weighted by Gasteiger charge is 2.51. The van der Waals surface area contributed by atoms with E-state index in [-0.39, 0.29) is 6.61 Å². The van der Waals surface area contributed by atoms with Gasteiger partial charge in [-0.25, -0.2) is 0 Å². The molecular formula is C13H18O9. The summed E-state index contributed by atoms with van der Waals surface area (Å²) in [5, 5.41) is 0. The molecule has 124 valence electrons. The summed E-state index contributed by atoms with van der Waals surface area (Å²) >= 11 is 0. The molecule has 1 fully saturated rings. The van der Waals surface area contributed by atoms with Crippen LogP contribution in [0.3, 0.4) is 0 Å². The van der Waals surface area contributed by atoms with E-state index >= 15 is 0 Å². The summed E-state index contributed by atoms with van der Waals surface area (Å²) in [6.07, 6.45) is -4.40. The highest BCUT2D eigenvalue weighted by molar-refractivity contribution is 5.68. The topological polar surface area (TPSA) is 114 Å². The molecule has 0 aromatic heterocycles. The molecule has 0 aromatic carbocycles. The van der Waals surface area contributed by atoms with E-state index in [4.69, 9.17) is 23.7 Å². The van der Waals surface area contributed by atoms with Crippen molar-refractivity contribution in [3.8, 4) is 0 Å². The fourth-order valence-electron chi connectivity index (χ4n) is 1.93. The highest BCUT2D eigenvalue weighted by atomic mass is 16.8. The molecular weight excluding hydrogens is 300 g/mol. The molecule has 22 heavy (non-hydrogen) atoms. The van der Waals surface area contributed by atoms with Gasteiger partial charge in [-0.1, -0.05) is 0 Å². The fourth-order valence-corrected chi connectivity index (χ4v) is 1.93. The predicted molar refractivity (Wildman–Crippen MR) is 68.2 cm³/mol. The van der Waals surface area contributed by atoms with Crippen LogP contribution in [0.5, 0.6) is 0 Å². The smallest absolute Gasteiger partial charge is 0.305 e. The molecule has 0 radical (unpaired) electrons. The standard InChI is InChI=1S/C13H18O9/c1-6(14)18-5-10-11(19-7(2)15)12(20-8(3)16)13(22-10)21-9(4)17/h10-13H,5H2,1-4H3/t10-,11-,12?,13?/m1/s1. The molecule has 9 nitrogen and oxygen atoms in total. The summed E-state index contributed by atoms with van der Waals surface area (Å²) in [6, 6.07) is 0. The molecule has 4 atom stereocenters. The van der Waals surface area contributed by atoms with Gasteiger partial charge in [0, 0.05) is 27.7 Å². The number of hydrogen-bond donors (Lipinski definition) is 0. The van der Waals surface area contributed by atoms with Gasteiger partial charge in [0.15, 0.2) is 6.10 Å². The predicted octanol–water partition coefficient (Wildman–Crippen LogP) is -0.299. The Balaban J connectivity index is 2.94. The summed E-state index contributed by atoms with van der Waals surface area (Å²) in [7, 11) is 0. The maximum absolute atomic E-state index is 11.2. The molecule has 1 aliphatic rings. The van der Waals surface area contributed by atoms with Crippen molar-refractivity contribution < 1.29 is 42.9 Å². The first-order valence-corrected chi connectivity index (χ1v) is 6.51. The second-order valence-electron chi connectivity index (χ2n) is 4.60. The Hall–Kier alpha value is -2.16. The summed E-state index contributed by atoms with van der Waals surface area (Å²) < 4.78 is 25.2. The van der Waals surface area contributed by atoms with Gasteiger partial charge in [-0.05, 0) is 0 Å². The van der Waals surface area contributed by atoms with E-state index in [0.717, 1.165) is 20.8 Å². The Kier molecular flexibility index (Phi) is 6.29. The molecule has 0 spiro atoms. The molecule has 0 N–H and O–H groups in total.